The third kappa shape index (κ3) is 5.84. The Bertz CT molecular complexity index is 631. The quantitative estimate of drug-likeness (QED) is 0.769. The van der Waals surface area contributed by atoms with Crippen LogP contribution in [0, 0.1) is 0 Å². The first-order valence-corrected chi connectivity index (χ1v) is 9.83. The highest BCUT2D eigenvalue weighted by atomic mass is 32.2. The minimum atomic E-state index is -3.03. The van der Waals surface area contributed by atoms with Crippen molar-refractivity contribution in [2.75, 3.05) is 37.7 Å². The topological polar surface area (TPSA) is 78.5 Å². The summed E-state index contributed by atoms with van der Waals surface area (Å²) in [4.78, 5) is 13.9. The number of carbonyl (C=O) groups excluding carboxylic acids is 1. The summed E-state index contributed by atoms with van der Waals surface area (Å²) in [7, 11) is -3.03. The van der Waals surface area contributed by atoms with E-state index in [0.717, 1.165) is 26.1 Å². The van der Waals surface area contributed by atoms with Gasteiger partial charge in [-0.3, -0.25) is 4.90 Å². The van der Waals surface area contributed by atoms with E-state index in [1.54, 1.807) is 6.92 Å². The highest BCUT2D eigenvalue weighted by Crippen LogP contribution is 2.17. The number of urea groups is 1. The second-order valence-corrected chi connectivity index (χ2v) is 8.19. The lowest BCUT2D eigenvalue weighted by Crippen LogP contribution is -2.42. The van der Waals surface area contributed by atoms with Gasteiger partial charge >= 0.3 is 6.03 Å². The molecule has 0 fully saturated rings. The van der Waals surface area contributed by atoms with Crippen molar-refractivity contribution in [3.8, 4) is 0 Å². The fourth-order valence-corrected chi connectivity index (χ4v) is 3.30. The molecule has 0 radical (unpaired) electrons. The molecule has 2 N–H and O–H groups in total. The molecule has 23 heavy (non-hydrogen) atoms. The van der Waals surface area contributed by atoms with E-state index in [9.17, 15) is 13.2 Å². The number of benzene rings is 1. The van der Waals surface area contributed by atoms with Crippen LogP contribution < -0.4 is 10.6 Å². The van der Waals surface area contributed by atoms with Crippen molar-refractivity contribution in [1.82, 2.24) is 15.5 Å². The van der Waals surface area contributed by atoms with E-state index in [1.165, 1.54) is 11.1 Å². The predicted octanol–water partition coefficient (Wildman–Crippen LogP) is 0.779. The zero-order valence-electron chi connectivity index (χ0n) is 13.5. The largest absolute Gasteiger partial charge is 0.337 e. The van der Waals surface area contributed by atoms with Gasteiger partial charge < -0.3 is 10.6 Å². The Morgan fingerprint density at radius 2 is 1.87 bits per heavy atom. The van der Waals surface area contributed by atoms with Crippen molar-refractivity contribution in [2.24, 2.45) is 0 Å². The maximum atomic E-state index is 11.6. The first kappa shape index (κ1) is 17.7. The predicted molar refractivity (Wildman–Crippen MR) is 91.2 cm³/mol. The Hall–Kier alpha value is -1.60. The van der Waals surface area contributed by atoms with Gasteiger partial charge in [0, 0.05) is 38.5 Å². The monoisotopic (exact) mass is 339 g/mol. The molecule has 2 rings (SSSR count). The smallest absolute Gasteiger partial charge is 0.314 e. The van der Waals surface area contributed by atoms with Gasteiger partial charge in [-0.25, -0.2) is 13.2 Å². The van der Waals surface area contributed by atoms with Crippen LogP contribution in [-0.2, 0) is 22.8 Å². The third-order valence-corrected chi connectivity index (χ3v) is 5.77. The minimum absolute atomic E-state index is 0.0141. The second-order valence-electron chi connectivity index (χ2n) is 5.71. The summed E-state index contributed by atoms with van der Waals surface area (Å²) in [6, 6.07) is 8.13. The number of rotatable bonds is 7. The van der Waals surface area contributed by atoms with Gasteiger partial charge in [0.15, 0.2) is 9.84 Å². The summed E-state index contributed by atoms with van der Waals surface area (Å²) in [5, 5.41) is 5.35. The number of hydrogen-bond donors (Lipinski definition) is 2. The zero-order valence-corrected chi connectivity index (χ0v) is 14.4. The van der Waals surface area contributed by atoms with E-state index in [2.05, 4.69) is 39.8 Å². The molecule has 128 valence electrons. The van der Waals surface area contributed by atoms with Gasteiger partial charge in [-0.05, 0) is 17.5 Å². The number of amides is 2. The van der Waals surface area contributed by atoms with Crippen molar-refractivity contribution in [1.29, 1.82) is 0 Å². The molecule has 0 bridgehead atoms. The Labute approximate surface area is 138 Å². The molecule has 7 heteroatoms. The Balaban J connectivity index is 1.63. The van der Waals surface area contributed by atoms with E-state index >= 15 is 0 Å². The van der Waals surface area contributed by atoms with Gasteiger partial charge in [-0.15, -0.1) is 0 Å². The van der Waals surface area contributed by atoms with Gasteiger partial charge in [0.05, 0.1) is 5.75 Å². The molecule has 0 aliphatic carbocycles. The lowest BCUT2D eigenvalue weighted by Gasteiger charge is -2.28. The summed E-state index contributed by atoms with van der Waals surface area (Å²) in [5.74, 6) is 0.0898. The van der Waals surface area contributed by atoms with Crippen LogP contribution in [0.15, 0.2) is 24.3 Å². The number of carbonyl (C=O) groups is 1. The van der Waals surface area contributed by atoms with Crippen LogP contribution >= 0.6 is 0 Å². The van der Waals surface area contributed by atoms with Gasteiger partial charge in [0.1, 0.15) is 0 Å². The molecule has 6 nitrogen and oxygen atoms in total. The molecule has 2 amide bonds. The van der Waals surface area contributed by atoms with Crippen molar-refractivity contribution < 1.29 is 13.2 Å². The fraction of sp³-hybridized carbons (Fsp3) is 0.562. The summed E-state index contributed by atoms with van der Waals surface area (Å²) in [6.07, 6.45) is 1.04. The number of nitrogens with one attached hydrogen (secondary N) is 2. The molecule has 1 aromatic rings. The van der Waals surface area contributed by atoms with Crippen LogP contribution in [0.5, 0.6) is 0 Å². The Kier molecular flexibility index (Phi) is 6.41. The SMILES string of the molecule is CCS(=O)(=O)CCNC(=O)NCCN1CCc2ccccc2C1. The molecule has 0 aromatic heterocycles. The third-order valence-electron chi connectivity index (χ3n) is 4.06. The van der Waals surface area contributed by atoms with Crippen LogP contribution in [0.4, 0.5) is 4.79 Å². The highest BCUT2D eigenvalue weighted by Gasteiger charge is 2.15. The molecule has 1 aromatic carbocycles. The molecular formula is C16H25N3O3S. The van der Waals surface area contributed by atoms with Crippen LogP contribution in [0.2, 0.25) is 0 Å². The normalized spacial score (nSPS) is 15.0. The number of nitrogens with zero attached hydrogens (tertiary/aromatic N) is 1. The molecule has 1 heterocycles. The first-order valence-electron chi connectivity index (χ1n) is 8.01. The van der Waals surface area contributed by atoms with E-state index in [-0.39, 0.29) is 24.1 Å². The number of hydrogen-bond acceptors (Lipinski definition) is 4. The highest BCUT2D eigenvalue weighted by molar-refractivity contribution is 7.91. The molecule has 0 unspecified atom stereocenters. The average molecular weight is 339 g/mol. The van der Waals surface area contributed by atoms with E-state index in [0.29, 0.717) is 6.54 Å². The van der Waals surface area contributed by atoms with Crippen molar-refractivity contribution >= 4 is 15.9 Å². The molecule has 0 atom stereocenters. The molecular weight excluding hydrogens is 314 g/mol. The average Bonchev–Trinajstić information content (AvgIpc) is 2.54. The Morgan fingerprint density at radius 1 is 1.17 bits per heavy atom. The summed E-state index contributed by atoms with van der Waals surface area (Å²) < 4.78 is 22.6. The summed E-state index contributed by atoms with van der Waals surface area (Å²) in [6.45, 7) is 5.00. The van der Waals surface area contributed by atoms with Crippen LogP contribution in [0.25, 0.3) is 0 Å². The van der Waals surface area contributed by atoms with Gasteiger partial charge in [-0.1, -0.05) is 31.2 Å². The molecule has 1 aliphatic heterocycles. The number of fused-ring (bicyclic) bond motifs is 1. The van der Waals surface area contributed by atoms with Crippen LogP contribution in [0.1, 0.15) is 18.1 Å². The zero-order chi connectivity index (χ0) is 16.7. The van der Waals surface area contributed by atoms with Gasteiger partial charge in [0.2, 0.25) is 0 Å². The van der Waals surface area contributed by atoms with E-state index in [1.807, 2.05) is 0 Å². The molecule has 0 spiro atoms. The lowest BCUT2D eigenvalue weighted by atomic mass is 10.00. The molecule has 0 saturated carbocycles. The molecule has 0 saturated heterocycles. The molecule has 1 aliphatic rings. The van der Waals surface area contributed by atoms with Crippen molar-refractivity contribution in [3.63, 3.8) is 0 Å². The fourth-order valence-electron chi connectivity index (χ4n) is 2.60. The van der Waals surface area contributed by atoms with Crippen LogP contribution in [0.3, 0.4) is 0 Å². The van der Waals surface area contributed by atoms with E-state index in [4.69, 9.17) is 0 Å². The van der Waals surface area contributed by atoms with Crippen LogP contribution in [-0.4, -0.2) is 57.0 Å². The van der Waals surface area contributed by atoms with Gasteiger partial charge in [0.25, 0.3) is 0 Å². The summed E-state index contributed by atoms with van der Waals surface area (Å²) >= 11 is 0. The standard InChI is InChI=1S/C16H25N3O3S/c1-2-23(21,22)12-9-18-16(20)17-8-11-19-10-7-14-5-3-4-6-15(14)13-19/h3-6H,2,7-13H2,1H3,(H2,17,18,20). The second kappa shape index (κ2) is 8.31. The first-order chi connectivity index (χ1) is 11.0. The minimum Gasteiger partial charge on any atom is -0.337 e. The maximum absolute atomic E-state index is 11.6. The van der Waals surface area contributed by atoms with Crippen molar-refractivity contribution in [3.05, 3.63) is 35.4 Å². The van der Waals surface area contributed by atoms with E-state index < -0.39 is 9.84 Å². The Morgan fingerprint density at radius 3 is 2.61 bits per heavy atom. The maximum Gasteiger partial charge on any atom is 0.314 e. The number of sulfone groups is 1. The summed E-state index contributed by atoms with van der Waals surface area (Å²) in [5.41, 5.74) is 2.76. The lowest BCUT2D eigenvalue weighted by molar-refractivity contribution is 0.231. The van der Waals surface area contributed by atoms with Crippen molar-refractivity contribution in [2.45, 2.75) is 19.9 Å². The van der Waals surface area contributed by atoms with Gasteiger partial charge in [-0.2, -0.15) is 0 Å².